The summed E-state index contributed by atoms with van der Waals surface area (Å²) in [6.07, 6.45) is 2.02. The first-order valence-electron chi connectivity index (χ1n) is 6.34. The molecule has 0 radical (unpaired) electrons. The van der Waals surface area contributed by atoms with E-state index in [1.54, 1.807) is 12.1 Å². The van der Waals surface area contributed by atoms with Gasteiger partial charge in [-0.1, -0.05) is 40.9 Å². The smallest absolute Gasteiger partial charge is 0.0653 e. The van der Waals surface area contributed by atoms with E-state index in [1.165, 1.54) is 11.1 Å². The Morgan fingerprint density at radius 2 is 1.75 bits per heavy atom. The molecule has 0 spiro atoms. The van der Waals surface area contributed by atoms with E-state index in [0.717, 1.165) is 24.2 Å². The van der Waals surface area contributed by atoms with Gasteiger partial charge >= 0.3 is 0 Å². The van der Waals surface area contributed by atoms with Gasteiger partial charge in [-0.15, -0.1) is 0 Å². The lowest BCUT2D eigenvalue weighted by atomic mass is 10.1. The Bertz CT molecular complexity index is 670. The molecule has 3 rings (SSSR count). The molecule has 1 aliphatic rings. The molecule has 2 nitrogen and oxygen atoms in total. The van der Waals surface area contributed by atoms with Gasteiger partial charge in [0, 0.05) is 5.69 Å². The van der Waals surface area contributed by atoms with Crippen LogP contribution in [0.15, 0.2) is 30.3 Å². The number of benzene rings is 2. The second-order valence-electron chi connectivity index (χ2n) is 4.94. The van der Waals surface area contributed by atoms with E-state index in [4.69, 9.17) is 40.5 Å². The zero-order valence-corrected chi connectivity index (χ0v) is 12.9. The molecule has 20 heavy (non-hydrogen) atoms. The van der Waals surface area contributed by atoms with Crippen molar-refractivity contribution in [2.24, 2.45) is 0 Å². The lowest BCUT2D eigenvalue weighted by Crippen LogP contribution is -2.07. The topological polar surface area (TPSA) is 38.0 Å². The maximum absolute atomic E-state index is 6.21. The summed E-state index contributed by atoms with van der Waals surface area (Å²) < 4.78 is 0. The van der Waals surface area contributed by atoms with E-state index in [1.807, 2.05) is 12.1 Å². The quantitative estimate of drug-likeness (QED) is 0.578. The van der Waals surface area contributed by atoms with Crippen molar-refractivity contribution in [1.82, 2.24) is 0 Å². The maximum Gasteiger partial charge on any atom is 0.0653 e. The van der Waals surface area contributed by atoms with Gasteiger partial charge in [-0.25, -0.2) is 0 Å². The van der Waals surface area contributed by atoms with Crippen molar-refractivity contribution in [3.8, 4) is 0 Å². The van der Waals surface area contributed by atoms with Crippen molar-refractivity contribution in [2.75, 3.05) is 11.1 Å². The highest BCUT2D eigenvalue weighted by Crippen LogP contribution is 2.38. The van der Waals surface area contributed by atoms with Gasteiger partial charge < -0.3 is 11.1 Å². The predicted octanol–water partition coefficient (Wildman–Crippen LogP) is 5.33. The molecule has 0 saturated heterocycles. The monoisotopic (exact) mass is 326 g/mol. The molecule has 5 heteroatoms. The number of nitrogen functional groups attached to an aromatic ring is 1. The summed E-state index contributed by atoms with van der Waals surface area (Å²) in [7, 11) is 0. The molecule has 0 bridgehead atoms. The molecule has 0 amide bonds. The summed E-state index contributed by atoms with van der Waals surface area (Å²) in [6.45, 7) is 0. The molecular weight excluding hydrogens is 315 g/mol. The first kappa shape index (κ1) is 13.9. The number of nitrogens with one attached hydrogen (secondary N) is 1. The van der Waals surface area contributed by atoms with E-state index in [-0.39, 0.29) is 6.04 Å². The van der Waals surface area contributed by atoms with Crippen molar-refractivity contribution in [1.29, 1.82) is 0 Å². The van der Waals surface area contributed by atoms with Crippen LogP contribution in [0.4, 0.5) is 11.4 Å². The van der Waals surface area contributed by atoms with Crippen LogP contribution >= 0.6 is 34.8 Å². The molecule has 0 aliphatic heterocycles. The van der Waals surface area contributed by atoms with Crippen LogP contribution in [0.5, 0.6) is 0 Å². The van der Waals surface area contributed by atoms with E-state index >= 15 is 0 Å². The van der Waals surface area contributed by atoms with Crippen molar-refractivity contribution < 1.29 is 0 Å². The zero-order valence-electron chi connectivity index (χ0n) is 10.6. The third-order valence-corrected chi connectivity index (χ3v) is 4.62. The lowest BCUT2D eigenvalue weighted by Gasteiger charge is -2.17. The van der Waals surface area contributed by atoms with Crippen LogP contribution in [0.1, 0.15) is 23.6 Å². The Labute approximate surface area is 132 Å². The van der Waals surface area contributed by atoms with Gasteiger partial charge in [0.1, 0.15) is 0 Å². The maximum atomic E-state index is 6.21. The Kier molecular flexibility index (Phi) is 3.72. The van der Waals surface area contributed by atoms with E-state index < -0.39 is 0 Å². The van der Waals surface area contributed by atoms with Crippen LogP contribution in [0.3, 0.4) is 0 Å². The van der Waals surface area contributed by atoms with E-state index in [2.05, 4.69) is 11.4 Å². The van der Waals surface area contributed by atoms with Crippen LogP contribution in [0.25, 0.3) is 0 Å². The third-order valence-electron chi connectivity index (χ3n) is 3.58. The number of hydrogen-bond acceptors (Lipinski definition) is 2. The first-order valence-corrected chi connectivity index (χ1v) is 7.47. The Hall–Kier alpha value is -1.09. The minimum atomic E-state index is 0.223. The van der Waals surface area contributed by atoms with Gasteiger partial charge in [-0.2, -0.15) is 0 Å². The van der Waals surface area contributed by atoms with Gasteiger partial charge in [0.05, 0.1) is 26.8 Å². The van der Waals surface area contributed by atoms with Gasteiger partial charge in [0.25, 0.3) is 0 Å². The number of anilines is 2. The molecule has 2 aromatic rings. The SMILES string of the molecule is Nc1ccc2c(c1)CCC2Nc1cc(Cl)c(Cl)cc1Cl. The molecule has 0 heterocycles. The average molecular weight is 328 g/mol. The van der Waals surface area contributed by atoms with Crippen LogP contribution < -0.4 is 11.1 Å². The number of fused-ring (bicyclic) bond motifs is 1. The fraction of sp³-hybridized carbons (Fsp3) is 0.200. The number of halogens is 3. The first-order chi connectivity index (χ1) is 9.54. The third kappa shape index (κ3) is 2.56. The van der Waals surface area contributed by atoms with Crippen LogP contribution in [-0.4, -0.2) is 0 Å². The summed E-state index contributed by atoms with van der Waals surface area (Å²) in [5, 5.41) is 4.96. The highest BCUT2D eigenvalue weighted by atomic mass is 35.5. The Morgan fingerprint density at radius 3 is 2.55 bits per heavy atom. The van der Waals surface area contributed by atoms with Gasteiger partial charge in [0.2, 0.25) is 0 Å². The second-order valence-corrected chi connectivity index (χ2v) is 6.16. The second kappa shape index (κ2) is 5.36. The van der Waals surface area contributed by atoms with E-state index in [9.17, 15) is 0 Å². The van der Waals surface area contributed by atoms with Crippen molar-refractivity contribution >= 4 is 46.2 Å². The summed E-state index contributed by atoms with van der Waals surface area (Å²) in [4.78, 5) is 0. The van der Waals surface area contributed by atoms with Crippen molar-refractivity contribution in [2.45, 2.75) is 18.9 Å². The molecular formula is C15H13Cl3N2. The van der Waals surface area contributed by atoms with Gasteiger partial charge in [0.15, 0.2) is 0 Å². The largest absolute Gasteiger partial charge is 0.399 e. The number of nitrogens with two attached hydrogens (primary N) is 1. The summed E-state index contributed by atoms with van der Waals surface area (Å²) >= 11 is 18.2. The Morgan fingerprint density at radius 1 is 1.00 bits per heavy atom. The predicted molar refractivity (Wildman–Crippen MR) is 87.0 cm³/mol. The van der Waals surface area contributed by atoms with Crippen molar-refractivity contribution in [3.63, 3.8) is 0 Å². The molecule has 0 aromatic heterocycles. The minimum absolute atomic E-state index is 0.223. The molecule has 3 N–H and O–H groups in total. The molecule has 1 aliphatic carbocycles. The fourth-order valence-electron chi connectivity index (χ4n) is 2.61. The van der Waals surface area contributed by atoms with E-state index in [0.29, 0.717) is 15.1 Å². The molecule has 1 atom stereocenters. The van der Waals surface area contributed by atoms with Gasteiger partial charge in [-0.05, 0) is 48.2 Å². The molecule has 104 valence electrons. The lowest BCUT2D eigenvalue weighted by molar-refractivity contribution is 0.762. The van der Waals surface area contributed by atoms with Crippen LogP contribution in [0.2, 0.25) is 15.1 Å². The molecule has 2 aromatic carbocycles. The zero-order chi connectivity index (χ0) is 14.3. The minimum Gasteiger partial charge on any atom is -0.399 e. The van der Waals surface area contributed by atoms with Gasteiger partial charge in [-0.3, -0.25) is 0 Å². The van der Waals surface area contributed by atoms with Crippen molar-refractivity contribution in [3.05, 3.63) is 56.5 Å². The van der Waals surface area contributed by atoms with Crippen LogP contribution in [0, 0.1) is 0 Å². The Balaban J connectivity index is 1.89. The summed E-state index contributed by atoms with van der Waals surface area (Å²) in [6, 6.07) is 9.68. The molecule has 0 fully saturated rings. The number of rotatable bonds is 2. The fourth-order valence-corrected chi connectivity index (χ4v) is 3.21. The normalized spacial score (nSPS) is 17.1. The number of hydrogen-bond donors (Lipinski definition) is 2. The standard InChI is InChI=1S/C15H13Cl3N2/c16-11-6-13(18)15(7-12(11)17)20-14-4-1-8-5-9(19)2-3-10(8)14/h2-3,5-7,14,20H,1,4,19H2. The number of aryl methyl sites for hydroxylation is 1. The summed E-state index contributed by atoms with van der Waals surface area (Å²) in [5.41, 5.74) is 9.98. The van der Waals surface area contributed by atoms with Crippen LogP contribution in [-0.2, 0) is 6.42 Å². The molecule has 0 saturated carbocycles. The highest BCUT2D eigenvalue weighted by molar-refractivity contribution is 6.44. The molecule has 1 unspecified atom stereocenters. The summed E-state index contributed by atoms with van der Waals surface area (Å²) in [5.74, 6) is 0. The average Bonchev–Trinajstić information content (AvgIpc) is 2.78. The highest BCUT2D eigenvalue weighted by Gasteiger charge is 2.23.